The molecule has 3 aromatic rings. The zero-order valence-electron chi connectivity index (χ0n) is 18.1. The SMILES string of the molecule is O=C1NC(=O)c2cc(C(=O)N3CCN(C(c4ccc(F)cc4)c4ccc(F)cc4)CC3)ccc21. The van der Waals surface area contributed by atoms with Crippen molar-refractivity contribution in [3.63, 3.8) is 0 Å². The van der Waals surface area contributed by atoms with Gasteiger partial charge in [-0.05, 0) is 53.6 Å². The molecule has 0 saturated carbocycles. The molecule has 3 aromatic carbocycles. The number of carbonyl (C=O) groups excluding carboxylic acids is 3. The van der Waals surface area contributed by atoms with Crippen molar-refractivity contribution >= 4 is 17.7 Å². The summed E-state index contributed by atoms with van der Waals surface area (Å²) in [6, 6.07) is 16.8. The lowest BCUT2D eigenvalue weighted by molar-refractivity contribution is 0.0597. The van der Waals surface area contributed by atoms with Crippen LogP contribution in [0.5, 0.6) is 0 Å². The zero-order chi connectivity index (χ0) is 23.8. The molecule has 0 bridgehead atoms. The van der Waals surface area contributed by atoms with Gasteiger partial charge in [0.15, 0.2) is 0 Å². The molecule has 3 amide bonds. The number of halogens is 2. The third-order valence-electron chi connectivity index (χ3n) is 6.32. The fourth-order valence-corrected chi connectivity index (χ4v) is 4.57. The van der Waals surface area contributed by atoms with E-state index in [0.717, 1.165) is 11.1 Å². The minimum atomic E-state index is -0.499. The number of piperazine rings is 1. The average molecular weight is 461 g/mol. The maximum absolute atomic E-state index is 13.5. The minimum Gasteiger partial charge on any atom is -0.336 e. The Bertz CT molecular complexity index is 1220. The van der Waals surface area contributed by atoms with Crippen LogP contribution >= 0.6 is 0 Å². The van der Waals surface area contributed by atoms with Gasteiger partial charge in [-0.3, -0.25) is 24.6 Å². The van der Waals surface area contributed by atoms with E-state index in [1.807, 2.05) is 0 Å². The molecule has 6 nitrogen and oxygen atoms in total. The molecular weight excluding hydrogens is 440 g/mol. The fourth-order valence-electron chi connectivity index (χ4n) is 4.57. The van der Waals surface area contributed by atoms with Crippen LogP contribution in [0.3, 0.4) is 0 Å². The van der Waals surface area contributed by atoms with Crippen LogP contribution in [0.2, 0.25) is 0 Å². The summed E-state index contributed by atoms with van der Waals surface area (Å²) in [5, 5.41) is 2.23. The summed E-state index contributed by atoms with van der Waals surface area (Å²) < 4.78 is 27.1. The number of rotatable bonds is 4. The number of nitrogens with one attached hydrogen (secondary N) is 1. The van der Waals surface area contributed by atoms with Gasteiger partial charge in [-0.1, -0.05) is 24.3 Å². The highest BCUT2D eigenvalue weighted by atomic mass is 19.1. The molecule has 0 aromatic heterocycles. The predicted octanol–water partition coefficient (Wildman–Crippen LogP) is 3.40. The normalized spacial score (nSPS) is 16.0. The predicted molar refractivity (Wildman–Crippen MR) is 120 cm³/mol. The van der Waals surface area contributed by atoms with E-state index < -0.39 is 11.8 Å². The highest BCUT2D eigenvalue weighted by Crippen LogP contribution is 2.30. The second kappa shape index (κ2) is 8.79. The molecule has 0 radical (unpaired) electrons. The van der Waals surface area contributed by atoms with Gasteiger partial charge in [-0.25, -0.2) is 8.78 Å². The van der Waals surface area contributed by atoms with Crippen LogP contribution in [0.4, 0.5) is 8.78 Å². The van der Waals surface area contributed by atoms with E-state index in [1.54, 1.807) is 35.2 Å². The number of hydrogen-bond donors (Lipinski definition) is 1. The maximum atomic E-state index is 13.5. The molecule has 1 fully saturated rings. The summed E-state index contributed by atoms with van der Waals surface area (Å²) >= 11 is 0. The lowest BCUT2D eigenvalue weighted by Crippen LogP contribution is -2.49. The molecule has 8 heteroatoms. The molecule has 172 valence electrons. The van der Waals surface area contributed by atoms with Crippen molar-refractivity contribution in [2.75, 3.05) is 26.2 Å². The first-order valence-electron chi connectivity index (χ1n) is 10.9. The number of hydrogen-bond acceptors (Lipinski definition) is 4. The Kier molecular flexibility index (Phi) is 5.67. The maximum Gasteiger partial charge on any atom is 0.258 e. The molecule has 0 spiro atoms. The summed E-state index contributed by atoms with van der Waals surface area (Å²) in [6.07, 6.45) is 0. The Hall–Kier alpha value is -3.91. The molecule has 0 atom stereocenters. The molecule has 34 heavy (non-hydrogen) atoms. The molecule has 2 aliphatic rings. The van der Waals surface area contributed by atoms with Gasteiger partial charge < -0.3 is 4.90 Å². The van der Waals surface area contributed by atoms with Crippen molar-refractivity contribution in [2.24, 2.45) is 0 Å². The van der Waals surface area contributed by atoms with E-state index >= 15 is 0 Å². The van der Waals surface area contributed by atoms with Crippen LogP contribution in [0.25, 0.3) is 0 Å². The van der Waals surface area contributed by atoms with Crippen molar-refractivity contribution < 1.29 is 23.2 Å². The van der Waals surface area contributed by atoms with Crippen molar-refractivity contribution in [2.45, 2.75) is 6.04 Å². The Morgan fingerprint density at radius 1 is 0.735 bits per heavy atom. The van der Waals surface area contributed by atoms with E-state index in [4.69, 9.17) is 0 Å². The highest BCUT2D eigenvalue weighted by Gasteiger charge is 2.31. The van der Waals surface area contributed by atoms with E-state index in [9.17, 15) is 23.2 Å². The van der Waals surface area contributed by atoms with Gasteiger partial charge in [0.2, 0.25) is 0 Å². The molecular formula is C26H21F2N3O3. The molecule has 0 unspecified atom stereocenters. The first-order chi connectivity index (χ1) is 16.4. The van der Waals surface area contributed by atoms with E-state index in [1.165, 1.54) is 36.4 Å². The van der Waals surface area contributed by atoms with Gasteiger partial charge in [0, 0.05) is 31.7 Å². The Morgan fingerprint density at radius 3 is 1.82 bits per heavy atom. The lowest BCUT2D eigenvalue weighted by Gasteiger charge is -2.39. The van der Waals surface area contributed by atoms with E-state index in [-0.39, 0.29) is 34.7 Å². The number of fused-ring (bicyclic) bond motifs is 1. The van der Waals surface area contributed by atoms with Crippen LogP contribution in [0, 0.1) is 11.6 Å². The zero-order valence-corrected chi connectivity index (χ0v) is 18.1. The summed E-state index contributed by atoms with van der Waals surface area (Å²) in [5.41, 5.74) is 2.59. The fraction of sp³-hybridized carbons (Fsp3) is 0.192. The number of amides is 3. The van der Waals surface area contributed by atoms with Gasteiger partial charge in [0.25, 0.3) is 17.7 Å². The molecule has 2 aliphatic heterocycles. The van der Waals surface area contributed by atoms with Crippen LogP contribution in [-0.2, 0) is 0 Å². The smallest absolute Gasteiger partial charge is 0.258 e. The minimum absolute atomic E-state index is 0.210. The van der Waals surface area contributed by atoms with Crippen LogP contribution in [0.15, 0.2) is 66.7 Å². The first kappa shape index (κ1) is 21.9. The van der Waals surface area contributed by atoms with Crippen molar-refractivity contribution in [1.82, 2.24) is 15.1 Å². The lowest BCUT2D eigenvalue weighted by atomic mass is 9.96. The average Bonchev–Trinajstić information content (AvgIpc) is 3.14. The highest BCUT2D eigenvalue weighted by molar-refractivity contribution is 6.22. The van der Waals surface area contributed by atoms with Crippen LogP contribution < -0.4 is 5.32 Å². The second-order valence-electron chi connectivity index (χ2n) is 8.38. The van der Waals surface area contributed by atoms with Crippen molar-refractivity contribution in [1.29, 1.82) is 0 Å². The Labute approximate surface area is 194 Å². The quantitative estimate of drug-likeness (QED) is 0.605. The molecule has 5 rings (SSSR count). The molecule has 1 N–H and O–H groups in total. The van der Waals surface area contributed by atoms with E-state index in [0.29, 0.717) is 31.7 Å². The van der Waals surface area contributed by atoms with Gasteiger partial charge >= 0.3 is 0 Å². The third-order valence-corrected chi connectivity index (χ3v) is 6.32. The largest absolute Gasteiger partial charge is 0.336 e. The summed E-state index contributed by atoms with van der Waals surface area (Å²) in [7, 11) is 0. The summed E-state index contributed by atoms with van der Waals surface area (Å²) in [5.74, 6) is -1.83. The number of benzene rings is 3. The number of imide groups is 1. The molecule has 1 saturated heterocycles. The van der Waals surface area contributed by atoms with Crippen LogP contribution in [0.1, 0.15) is 48.2 Å². The first-order valence-corrected chi connectivity index (χ1v) is 10.9. The van der Waals surface area contributed by atoms with Crippen molar-refractivity contribution in [3.8, 4) is 0 Å². The summed E-state index contributed by atoms with van der Waals surface area (Å²) in [6.45, 7) is 1.99. The molecule has 0 aliphatic carbocycles. The number of carbonyl (C=O) groups is 3. The van der Waals surface area contributed by atoms with Crippen LogP contribution in [-0.4, -0.2) is 53.7 Å². The van der Waals surface area contributed by atoms with Gasteiger partial charge in [0.05, 0.1) is 17.2 Å². The second-order valence-corrected chi connectivity index (χ2v) is 8.38. The van der Waals surface area contributed by atoms with Crippen molar-refractivity contribution in [3.05, 3.63) is 106 Å². The van der Waals surface area contributed by atoms with Gasteiger partial charge in [0.1, 0.15) is 11.6 Å². The Balaban J connectivity index is 1.34. The van der Waals surface area contributed by atoms with Gasteiger partial charge in [-0.15, -0.1) is 0 Å². The number of nitrogens with zero attached hydrogens (tertiary/aromatic N) is 2. The topological polar surface area (TPSA) is 69.7 Å². The Morgan fingerprint density at radius 2 is 1.26 bits per heavy atom. The van der Waals surface area contributed by atoms with Gasteiger partial charge in [-0.2, -0.15) is 0 Å². The van der Waals surface area contributed by atoms with E-state index in [2.05, 4.69) is 10.2 Å². The third kappa shape index (κ3) is 4.08. The standard InChI is InChI=1S/C26H21F2N3O3/c27-19-6-1-16(2-7-19)23(17-3-8-20(28)9-4-17)30-11-13-31(14-12-30)26(34)18-5-10-21-22(15-18)25(33)29-24(21)32/h1-10,15,23H,11-14H2,(H,29,32,33). The summed E-state index contributed by atoms with van der Waals surface area (Å²) in [4.78, 5) is 40.7. The monoisotopic (exact) mass is 461 g/mol. The molecule has 2 heterocycles.